The highest BCUT2D eigenvalue weighted by atomic mass is 16.4. The summed E-state index contributed by atoms with van der Waals surface area (Å²) in [6.07, 6.45) is -0.585. The van der Waals surface area contributed by atoms with E-state index in [2.05, 4.69) is 10.3 Å². The minimum absolute atomic E-state index is 0.466. The predicted molar refractivity (Wildman–Crippen MR) is 55.7 cm³/mol. The molecule has 1 atom stereocenters. The molecular weight excluding hydrogens is 196 g/mol. The Kier molecular flexibility index (Phi) is 2.57. The van der Waals surface area contributed by atoms with E-state index in [4.69, 9.17) is 4.42 Å². The summed E-state index contributed by atoms with van der Waals surface area (Å²) in [7, 11) is 1.77. The second-order valence-corrected chi connectivity index (χ2v) is 3.34. The number of hydrogen-bond donors (Lipinski definition) is 3. The van der Waals surface area contributed by atoms with E-state index in [-0.39, 0.29) is 0 Å². The van der Waals surface area contributed by atoms with Gasteiger partial charge in [0.15, 0.2) is 5.58 Å². The molecule has 1 aromatic heterocycles. The fourth-order valence-electron chi connectivity index (χ4n) is 1.49. The molecule has 0 aliphatic rings. The second kappa shape index (κ2) is 3.88. The average molecular weight is 208 g/mol. The van der Waals surface area contributed by atoms with Crippen LogP contribution in [0.1, 0.15) is 11.7 Å². The minimum atomic E-state index is -0.585. The van der Waals surface area contributed by atoms with Gasteiger partial charge in [-0.3, -0.25) is 4.98 Å². The van der Waals surface area contributed by atoms with Crippen molar-refractivity contribution in [1.82, 2.24) is 10.3 Å². The number of benzene rings is 1. The topological polar surface area (TPSA) is 78.3 Å². The second-order valence-electron chi connectivity index (χ2n) is 3.34. The number of nitrogens with one attached hydrogen (secondary N) is 2. The first kappa shape index (κ1) is 9.95. The van der Waals surface area contributed by atoms with E-state index in [1.807, 2.05) is 0 Å². The smallest absolute Gasteiger partial charge is 0.408 e. The monoisotopic (exact) mass is 208 g/mol. The molecule has 0 aliphatic carbocycles. The Hall–Kier alpha value is -1.59. The van der Waals surface area contributed by atoms with Crippen LogP contribution in [0, 0.1) is 0 Å². The molecule has 5 nitrogen and oxygen atoms in total. The van der Waals surface area contributed by atoms with Crippen LogP contribution in [-0.2, 0) is 0 Å². The highest BCUT2D eigenvalue weighted by Crippen LogP contribution is 2.17. The van der Waals surface area contributed by atoms with E-state index in [0.29, 0.717) is 17.6 Å². The molecule has 0 saturated carbocycles. The van der Waals surface area contributed by atoms with Crippen LogP contribution in [0.25, 0.3) is 11.1 Å². The summed E-state index contributed by atoms with van der Waals surface area (Å²) in [5, 5.41) is 12.6. The third-order valence-corrected chi connectivity index (χ3v) is 2.23. The molecule has 2 aromatic rings. The van der Waals surface area contributed by atoms with Crippen molar-refractivity contribution in [3.63, 3.8) is 0 Å². The summed E-state index contributed by atoms with van der Waals surface area (Å²) in [6, 6.07) is 5.12. The standard InChI is InChI=1S/C10H12N2O3/c1-11-5-8(13)6-2-3-9-7(4-6)12-10(14)15-9/h2-4,8,11,13H,5H2,1H3,(H,12,14). The molecule has 2 rings (SSSR count). The van der Waals surface area contributed by atoms with Gasteiger partial charge in [0, 0.05) is 6.54 Å². The van der Waals surface area contributed by atoms with Gasteiger partial charge in [-0.1, -0.05) is 6.07 Å². The molecule has 1 heterocycles. The van der Waals surface area contributed by atoms with E-state index in [9.17, 15) is 9.90 Å². The number of fused-ring (bicyclic) bond motifs is 1. The summed E-state index contributed by atoms with van der Waals surface area (Å²) in [4.78, 5) is 13.4. The van der Waals surface area contributed by atoms with Crippen LogP contribution in [0.4, 0.5) is 0 Å². The third-order valence-electron chi connectivity index (χ3n) is 2.23. The maximum Gasteiger partial charge on any atom is 0.417 e. The number of rotatable bonds is 3. The molecule has 1 aromatic carbocycles. The predicted octanol–water partition coefficient (Wildman–Crippen LogP) is 0.374. The van der Waals surface area contributed by atoms with Gasteiger partial charge in [-0.05, 0) is 24.7 Å². The highest BCUT2D eigenvalue weighted by molar-refractivity contribution is 5.72. The zero-order valence-electron chi connectivity index (χ0n) is 8.28. The van der Waals surface area contributed by atoms with Crippen LogP contribution >= 0.6 is 0 Å². The summed E-state index contributed by atoms with van der Waals surface area (Å²) in [5.41, 5.74) is 1.85. The number of aliphatic hydroxyl groups excluding tert-OH is 1. The van der Waals surface area contributed by atoms with Crippen molar-refractivity contribution in [2.24, 2.45) is 0 Å². The lowest BCUT2D eigenvalue weighted by Crippen LogP contribution is -2.16. The van der Waals surface area contributed by atoms with Crippen molar-refractivity contribution in [3.05, 3.63) is 34.3 Å². The quantitative estimate of drug-likeness (QED) is 0.681. The van der Waals surface area contributed by atoms with Crippen LogP contribution in [0.2, 0.25) is 0 Å². The SMILES string of the molecule is CNCC(O)c1ccc2oc(=O)[nH]c2c1. The van der Waals surface area contributed by atoms with Crippen LogP contribution in [0.3, 0.4) is 0 Å². The van der Waals surface area contributed by atoms with E-state index >= 15 is 0 Å². The number of aromatic nitrogens is 1. The van der Waals surface area contributed by atoms with Gasteiger partial charge in [0.1, 0.15) is 0 Å². The van der Waals surface area contributed by atoms with Crippen molar-refractivity contribution in [1.29, 1.82) is 0 Å². The number of likely N-dealkylation sites (N-methyl/N-ethyl adjacent to an activating group) is 1. The van der Waals surface area contributed by atoms with Crippen LogP contribution < -0.4 is 11.1 Å². The summed E-state index contributed by atoms with van der Waals surface area (Å²) >= 11 is 0. The number of aromatic amines is 1. The summed E-state index contributed by atoms with van der Waals surface area (Å²) in [6.45, 7) is 0.466. The normalized spacial score (nSPS) is 13.2. The van der Waals surface area contributed by atoms with Crippen LogP contribution in [-0.4, -0.2) is 23.7 Å². The first-order valence-electron chi connectivity index (χ1n) is 4.66. The molecule has 0 bridgehead atoms. The minimum Gasteiger partial charge on any atom is -0.408 e. The summed E-state index contributed by atoms with van der Waals surface area (Å²) < 4.78 is 4.85. The molecule has 0 amide bonds. The number of hydrogen-bond acceptors (Lipinski definition) is 4. The molecule has 0 aliphatic heterocycles. The van der Waals surface area contributed by atoms with Crippen molar-refractivity contribution in [3.8, 4) is 0 Å². The molecule has 0 radical (unpaired) electrons. The fourth-order valence-corrected chi connectivity index (χ4v) is 1.49. The van der Waals surface area contributed by atoms with Gasteiger partial charge in [0.25, 0.3) is 0 Å². The average Bonchev–Trinajstić information content (AvgIpc) is 2.57. The Morgan fingerprint density at radius 1 is 1.60 bits per heavy atom. The van der Waals surface area contributed by atoms with Gasteiger partial charge in [-0.15, -0.1) is 0 Å². The van der Waals surface area contributed by atoms with Gasteiger partial charge in [-0.25, -0.2) is 4.79 Å². The van der Waals surface area contributed by atoms with Crippen LogP contribution in [0.5, 0.6) is 0 Å². The maximum absolute atomic E-state index is 10.9. The highest BCUT2D eigenvalue weighted by Gasteiger charge is 2.08. The molecule has 0 spiro atoms. The van der Waals surface area contributed by atoms with Gasteiger partial charge in [-0.2, -0.15) is 0 Å². The van der Waals surface area contributed by atoms with E-state index in [1.54, 1.807) is 25.2 Å². The first-order valence-corrected chi connectivity index (χ1v) is 4.66. The van der Waals surface area contributed by atoms with Crippen LogP contribution in [0.15, 0.2) is 27.4 Å². The molecule has 80 valence electrons. The van der Waals surface area contributed by atoms with E-state index < -0.39 is 11.9 Å². The van der Waals surface area contributed by atoms with Gasteiger partial charge in [0.2, 0.25) is 0 Å². The van der Waals surface area contributed by atoms with Gasteiger partial charge < -0.3 is 14.8 Å². The Morgan fingerprint density at radius 3 is 3.13 bits per heavy atom. The zero-order valence-corrected chi connectivity index (χ0v) is 8.28. The van der Waals surface area contributed by atoms with E-state index in [0.717, 1.165) is 5.56 Å². The number of H-pyrrole nitrogens is 1. The Labute approximate surface area is 85.7 Å². The Balaban J connectivity index is 2.41. The largest absolute Gasteiger partial charge is 0.417 e. The van der Waals surface area contributed by atoms with Gasteiger partial charge >= 0.3 is 5.76 Å². The maximum atomic E-state index is 10.9. The molecule has 5 heteroatoms. The first-order chi connectivity index (χ1) is 7.20. The lowest BCUT2D eigenvalue weighted by atomic mass is 10.1. The van der Waals surface area contributed by atoms with Crippen molar-refractivity contribution < 1.29 is 9.52 Å². The lowest BCUT2D eigenvalue weighted by Gasteiger charge is -2.09. The molecular formula is C10H12N2O3. The van der Waals surface area contributed by atoms with Crippen molar-refractivity contribution >= 4 is 11.1 Å². The molecule has 1 unspecified atom stereocenters. The zero-order chi connectivity index (χ0) is 10.8. The molecule has 0 saturated heterocycles. The Bertz CT molecular complexity index is 515. The van der Waals surface area contributed by atoms with Crippen molar-refractivity contribution in [2.75, 3.05) is 13.6 Å². The third kappa shape index (κ3) is 1.93. The molecule has 3 N–H and O–H groups in total. The van der Waals surface area contributed by atoms with Gasteiger partial charge in [0.05, 0.1) is 11.6 Å². The Morgan fingerprint density at radius 2 is 2.40 bits per heavy atom. The number of oxazole rings is 1. The van der Waals surface area contributed by atoms with E-state index in [1.165, 1.54) is 0 Å². The molecule has 15 heavy (non-hydrogen) atoms. The summed E-state index contributed by atoms with van der Waals surface area (Å²) in [5.74, 6) is -0.481. The lowest BCUT2D eigenvalue weighted by molar-refractivity contribution is 0.178. The fraction of sp³-hybridized carbons (Fsp3) is 0.300. The number of aliphatic hydroxyl groups is 1. The van der Waals surface area contributed by atoms with Crippen molar-refractivity contribution in [2.45, 2.75) is 6.10 Å². The molecule has 0 fully saturated rings.